The number of ether oxygens (including phenoxy) is 2. The summed E-state index contributed by atoms with van der Waals surface area (Å²) in [5.41, 5.74) is 3.22. The van der Waals surface area contributed by atoms with Crippen LogP contribution in [-0.2, 0) is 11.3 Å². The molecule has 0 spiro atoms. The van der Waals surface area contributed by atoms with Crippen LogP contribution in [0.1, 0.15) is 35.7 Å². The average molecular weight is 434 g/mol. The van der Waals surface area contributed by atoms with E-state index in [-0.39, 0.29) is 23.9 Å². The second-order valence-electron chi connectivity index (χ2n) is 8.29. The molecule has 4 nitrogen and oxygen atoms in total. The lowest BCUT2D eigenvalue weighted by Gasteiger charge is -2.23. The normalized spacial score (nSPS) is 14.1. The van der Waals surface area contributed by atoms with Crippen molar-refractivity contribution in [3.63, 3.8) is 0 Å². The molecule has 3 aromatic carbocycles. The SMILES string of the molecule is COC[C@@H](C)Oc1cccc(CN(C(=O)c2cccc(-c3cccc(F)c3)c2)C2CC2)c1. The third-order valence-electron chi connectivity index (χ3n) is 5.51. The zero-order valence-electron chi connectivity index (χ0n) is 18.5. The Bertz CT molecular complexity index is 1080. The number of hydrogen-bond donors (Lipinski definition) is 0. The predicted molar refractivity (Wildman–Crippen MR) is 123 cm³/mol. The van der Waals surface area contributed by atoms with Crippen molar-refractivity contribution in [3.8, 4) is 16.9 Å². The Balaban J connectivity index is 1.53. The molecule has 5 heteroatoms. The van der Waals surface area contributed by atoms with Crippen LogP contribution in [0.4, 0.5) is 4.39 Å². The summed E-state index contributed by atoms with van der Waals surface area (Å²) in [6, 6.07) is 22.0. The summed E-state index contributed by atoms with van der Waals surface area (Å²) in [5.74, 6) is 0.467. The number of carbonyl (C=O) groups excluding carboxylic acids is 1. The standard InChI is InChI=1S/C27H28FNO3/c1-19(18-31-2)32-26-11-3-6-20(14-26)17-29(25-12-13-25)27(30)23-9-4-7-21(15-23)22-8-5-10-24(28)16-22/h3-11,14-16,19,25H,12-13,17-18H2,1-2H3/t19-/m1/s1. The highest BCUT2D eigenvalue weighted by molar-refractivity contribution is 5.95. The van der Waals surface area contributed by atoms with Gasteiger partial charge in [0.1, 0.15) is 17.7 Å². The van der Waals surface area contributed by atoms with E-state index in [0.29, 0.717) is 18.7 Å². The van der Waals surface area contributed by atoms with Crippen molar-refractivity contribution in [3.05, 3.63) is 89.7 Å². The van der Waals surface area contributed by atoms with Crippen LogP contribution < -0.4 is 4.74 Å². The minimum atomic E-state index is -0.291. The summed E-state index contributed by atoms with van der Waals surface area (Å²) in [7, 11) is 1.65. The van der Waals surface area contributed by atoms with E-state index in [1.807, 2.05) is 66.4 Å². The number of nitrogens with zero attached hydrogens (tertiary/aromatic N) is 1. The van der Waals surface area contributed by atoms with Crippen LogP contribution in [0.2, 0.25) is 0 Å². The van der Waals surface area contributed by atoms with Crippen molar-refractivity contribution in [2.45, 2.75) is 38.5 Å². The fourth-order valence-corrected chi connectivity index (χ4v) is 3.83. The van der Waals surface area contributed by atoms with Gasteiger partial charge in [-0.25, -0.2) is 4.39 Å². The second kappa shape index (κ2) is 9.96. The zero-order chi connectivity index (χ0) is 22.5. The zero-order valence-corrected chi connectivity index (χ0v) is 18.5. The number of halogens is 1. The molecule has 0 unspecified atom stereocenters. The van der Waals surface area contributed by atoms with Crippen LogP contribution in [0.3, 0.4) is 0 Å². The fourth-order valence-electron chi connectivity index (χ4n) is 3.83. The van der Waals surface area contributed by atoms with Gasteiger partial charge in [0.25, 0.3) is 5.91 Å². The Kier molecular flexibility index (Phi) is 6.86. The van der Waals surface area contributed by atoms with Gasteiger partial charge in [0.15, 0.2) is 0 Å². The molecule has 4 rings (SSSR count). The summed E-state index contributed by atoms with van der Waals surface area (Å²) >= 11 is 0. The maximum absolute atomic E-state index is 13.7. The largest absolute Gasteiger partial charge is 0.488 e. The molecule has 1 aliphatic rings. The third-order valence-corrected chi connectivity index (χ3v) is 5.51. The lowest BCUT2D eigenvalue weighted by atomic mass is 10.0. The van der Waals surface area contributed by atoms with E-state index < -0.39 is 0 Å². The van der Waals surface area contributed by atoms with E-state index in [2.05, 4.69) is 0 Å². The summed E-state index contributed by atoms with van der Waals surface area (Å²) in [4.78, 5) is 15.4. The first kappa shape index (κ1) is 22.0. The molecule has 0 bridgehead atoms. The summed E-state index contributed by atoms with van der Waals surface area (Å²) in [5, 5.41) is 0. The predicted octanol–water partition coefficient (Wildman–Crippen LogP) is 5.71. The van der Waals surface area contributed by atoms with Gasteiger partial charge in [0.05, 0.1) is 6.61 Å². The fraction of sp³-hybridized carbons (Fsp3) is 0.296. The summed E-state index contributed by atoms with van der Waals surface area (Å²) < 4.78 is 24.7. The first-order chi connectivity index (χ1) is 15.5. The van der Waals surface area contributed by atoms with Crippen LogP contribution in [0.25, 0.3) is 11.1 Å². The number of benzene rings is 3. The van der Waals surface area contributed by atoms with Crippen molar-refractivity contribution >= 4 is 5.91 Å². The van der Waals surface area contributed by atoms with Gasteiger partial charge in [-0.2, -0.15) is 0 Å². The van der Waals surface area contributed by atoms with E-state index >= 15 is 0 Å². The minimum absolute atomic E-state index is 0.00942. The number of rotatable bonds is 9. The van der Waals surface area contributed by atoms with Gasteiger partial charge in [0.2, 0.25) is 0 Å². The lowest BCUT2D eigenvalue weighted by molar-refractivity contribution is 0.0729. The first-order valence-corrected chi connectivity index (χ1v) is 10.9. The molecule has 3 aromatic rings. The van der Waals surface area contributed by atoms with Gasteiger partial charge in [-0.15, -0.1) is 0 Å². The smallest absolute Gasteiger partial charge is 0.254 e. The number of hydrogen-bond acceptors (Lipinski definition) is 3. The highest BCUT2D eigenvalue weighted by Gasteiger charge is 2.33. The quantitative estimate of drug-likeness (QED) is 0.434. The molecule has 1 aliphatic carbocycles. The number of carbonyl (C=O) groups is 1. The second-order valence-corrected chi connectivity index (χ2v) is 8.29. The first-order valence-electron chi connectivity index (χ1n) is 10.9. The van der Waals surface area contributed by atoms with Crippen LogP contribution in [0.15, 0.2) is 72.8 Å². The van der Waals surface area contributed by atoms with Gasteiger partial charge >= 0.3 is 0 Å². The number of methoxy groups -OCH3 is 1. The molecule has 0 saturated heterocycles. The molecule has 0 N–H and O–H groups in total. The van der Waals surface area contributed by atoms with Crippen molar-refractivity contribution in [2.75, 3.05) is 13.7 Å². The maximum Gasteiger partial charge on any atom is 0.254 e. The van der Waals surface area contributed by atoms with Crippen molar-refractivity contribution in [1.82, 2.24) is 4.90 Å². The Morgan fingerprint density at radius 3 is 2.47 bits per heavy atom. The molecule has 0 radical (unpaired) electrons. The lowest BCUT2D eigenvalue weighted by Crippen LogP contribution is -2.32. The summed E-state index contributed by atoms with van der Waals surface area (Å²) in [6.07, 6.45) is 1.97. The summed E-state index contributed by atoms with van der Waals surface area (Å²) in [6.45, 7) is 2.99. The average Bonchev–Trinajstić information content (AvgIpc) is 3.63. The molecule has 0 aliphatic heterocycles. The molecule has 166 valence electrons. The van der Waals surface area contributed by atoms with Gasteiger partial charge < -0.3 is 14.4 Å². The Morgan fingerprint density at radius 1 is 1.03 bits per heavy atom. The van der Waals surface area contributed by atoms with Crippen LogP contribution in [0, 0.1) is 5.82 Å². The molecule has 1 fully saturated rings. The Labute approximate surface area is 188 Å². The third kappa shape index (κ3) is 5.54. The van der Waals surface area contributed by atoms with Crippen molar-refractivity contribution in [2.24, 2.45) is 0 Å². The van der Waals surface area contributed by atoms with Gasteiger partial charge in [-0.3, -0.25) is 4.79 Å². The maximum atomic E-state index is 13.7. The molecule has 1 saturated carbocycles. The highest BCUT2D eigenvalue weighted by Crippen LogP contribution is 2.31. The van der Waals surface area contributed by atoms with Crippen LogP contribution >= 0.6 is 0 Å². The van der Waals surface area contributed by atoms with E-state index in [9.17, 15) is 9.18 Å². The topological polar surface area (TPSA) is 38.8 Å². The molecule has 0 aromatic heterocycles. The Morgan fingerprint density at radius 2 is 1.75 bits per heavy atom. The van der Waals surface area contributed by atoms with E-state index in [1.54, 1.807) is 13.2 Å². The molecule has 0 heterocycles. The van der Waals surface area contributed by atoms with Gasteiger partial charge in [-0.1, -0.05) is 36.4 Å². The number of amides is 1. The van der Waals surface area contributed by atoms with Gasteiger partial charge in [-0.05, 0) is 72.9 Å². The highest BCUT2D eigenvalue weighted by atomic mass is 19.1. The minimum Gasteiger partial charge on any atom is -0.488 e. The molecule has 1 atom stereocenters. The molecular formula is C27H28FNO3. The van der Waals surface area contributed by atoms with Crippen LogP contribution in [-0.4, -0.2) is 36.7 Å². The molecular weight excluding hydrogens is 405 g/mol. The van der Waals surface area contributed by atoms with Crippen LogP contribution in [0.5, 0.6) is 5.75 Å². The monoisotopic (exact) mass is 433 g/mol. The Hall–Kier alpha value is -3.18. The molecule has 32 heavy (non-hydrogen) atoms. The van der Waals surface area contributed by atoms with Gasteiger partial charge in [0, 0.05) is 25.3 Å². The van der Waals surface area contributed by atoms with E-state index in [4.69, 9.17) is 9.47 Å². The van der Waals surface area contributed by atoms with Crippen molar-refractivity contribution < 1.29 is 18.7 Å². The van der Waals surface area contributed by atoms with E-state index in [1.165, 1.54) is 12.1 Å². The van der Waals surface area contributed by atoms with E-state index in [0.717, 1.165) is 35.3 Å². The molecule has 1 amide bonds. The van der Waals surface area contributed by atoms with Crippen molar-refractivity contribution in [1.29, 1.82) is 0 Å².